The molecule has 0 bridgehead atoms. The van der Waals surface area contributed by atoms with E-state index in [0.29, 0.717) is 11.4 Å². The van der Waals surface area contributed by atoms with Crippen molar-refractivity contribution >= 4 is 90.3 Å². The number of oxime groups is 1. The van der Waals surface area contributed by atoms with Crippen molar-refractivity contribution in [2.75, 3.05) is 18.6 Å². The van der Waals surface area contributed by atoms with E-state index in [2.05, 4.69) is 19.8 Å². The minimum absolute atomic E-state index is 0.00734. The zero-order valence-corrected chi connectivity index (χ0v) is 27.9. The van der Waals surface area contributed by atoms with Gasteiger partial charge in [-0.15, -0.1) is 23.1 Å². The molecule has 11 nitrogen and oxygen atoms in total. The number of nitrogens with zero attached hydrogens (tertiary/aromatic N) is 5. The average Bonchev–Trinajstić information content (AvgIpc) is 3.74. The zero-order chi connectivity index (χ0) is 32.5. The van der Waals surface area contributed by atoms with Gasteiger partial charge in [-0.05, 0) is 35.5 Å². The summed E-state index contributed by atoms with van der Waals surface area (Å²) in [5.74, 6) is -0.538. The zero-order valence-electron chi connectivity index (χ0n) is 24.6. The number of nitrogens with two attached hydrogens (primary N) is 1. The average molecular weight is 700 g/mol. The molecular weight excluding hydrogens is 675 g/mol. The van der Waals surface area contributed by atoms with Crippen molar-refractivity contribution in [1.29, 1.82) is 0 Å². The number of carbonyl (C=O) groups is 2. The van der Waals surface area contributed by atoms with Gasteiger partial charge in [-0.1, -0.05) is 78.0 Å². The van der Waals surface area contributed by atoms with Gasteiger partial charge in [0.1, 0.15) is 35.3 Å². The maximum Gasteiger partial charge on any atom is 0.278 e. The lowest BCUT2D eigenvalue weighted by Crippen LogP contribution is -2.71. The topological polar surface area (TPSA) is 145 Å². The Balaban J connectivity index is 1.24. The smallest absolute Gasteiger partial charge is 0.278 e. The first-order chi connectivity index (χ1) is 22.9. The minimum Gasteiger partial charge on any atom is -0.469 e. The molecule has 2 aliphatic heterocycles. The highest BCUT2D eigenvalue weighted by atomic mass is 32.2. The molecule has 15 heteroatoms. The molecule has 2 amide bonds. The molecule has 1 saturated heterocycles. The summed E-state index contributed by atoms with van der Waals surface area (Å²) in [6.07, 6.45) is -0.528. The van der Waals surface area contributed by atoms with E-state index in [1.807, 2.05) is 84.9 Å². The van der Waals surface area contributed by atoms with Gasteiger partial charge in [0, 0.05) is 22.9 Å². The van der Waals surface area contributed by atoms with E-state index >= 15 is 0 Å². The molecule has 1 fully saturated rings. The minimum atomic E-state index is -0.876. The Hall–Kier alpha value is -4.70. The van der Waals surface area contributed by atoms with Gasteiger partial charge < -0.3 is 20.6 Å². The standard InChI is InChI=1S/C32H25N7O4S4/c1-42-37-22(26-36-32(33)47-38-26)27(40)35-23-29(41)39-24(19(16-45-30(23)39)28-34-20-14-8-9-15-21(20)46-28)31(44)43-25(17-10-4-2-5-11-17)18-12-6-3-7-13-18/h2-15,23,25,30H,16H2,1H3,(H,35,40)(H2,33,36,38)/b37-22-/t23?,30-/m1/s1. The summed E-state index contributed by atoms with van der Waals surface area (Å²) in [6.45, 7) is 0. The number of rotatable bonds is 9. The summed E-state index contributed by atoms with van der Waals surface area (Å²) < 4.78 is 11.7. The van der Waals surface area contributed by atoms with Crippen LogP contribution in [-0.2, 0) is 19.2 Å². The number of nitrogens with one attached hydrogen (secondary N) is 1. The molecule has 236 valence electrons. The first-order valence-corrected chi connectivity index (χ1v) is 17.3. The number of aromatic nitrogens is 3. The van der Waals surface area contributed by atoms with Gasteiger partial charge in [-0.25, -0.2) is 4.98 Å². The predicted octanol–water partition coefficient (Wildman–Crippen LogP) is 5.03. The fraction of sp³-hybridized carbons (Fsp3) is 0.156. The molecule has 1 unspecified atom stereocenters. The number of nitrogen functional groups attached to an aromatic ring is 1. The molecule has 2 aromatic heterocycles. The Bertz CT molecular complexity index is 1980. The summed E-state index contributed by atoms with van der Waals surface area (Å²) in [7, 11) is 1.30. The Morgan fingerprint density at radius 2 is 1.72 bits per heavy atom. The molecule has 0 radical (unpaired) electrons. The fourth-order valence-corrected chi connectivity index (χ4v) is 8.54. The van der Waals surface area contributed by atoms with Gasteiger partial charge in [-0.3, -0.25) is 14.5 Å². The van der Waals surface area contributed by atoms with Crippen LogP contribution in [0.25, 0.3) is 15.8 Å². The molecule has 3 N–H and O–H groups in total. The van der Waals surface area contributed by atoms with Gasteiger partial charge >= 0.3 is 0 Å². The molecule has 5 aromatic rings. The molecular formula is C32H25N7O4S4. The summed E-state index contributed by atoms with van der Waals surface area (Å²) in [6, 6.07) is 26.6. The highest BCUT2D eigenvalue weighted by Crippen LogP contribution is 2.46. The van der Waals surface area contributed by atoms with Crippen LogP contribution in [0.3, 0.4) is 0 Å². The third-order valence-corrected chi connectivity index (χ3v) is 10.7. The lowest BCUT2D eigenvalue weighted by molar-refractivity contribution is -0.144. The van der Waals surface area contributed by atoms with E-state index in [-0.39, 0.29) is 27.6 Å². The number of carbonyl (C=O) groups excluding carboxylic acids is 2. The predicted molar refractivity (Wildman–Crippen MR) is 188 cm³/mol. The molecule has 2 atom stereocenters. The number of para-hydroxylation sites is 1. The van der Waals surface area contributed by atoms with Crippen molar-refractivity contribution in [3.63, 3.8) is 0 Å². The Labute approximate surface area is 286 Å². The van der Waals surface area contributed by atoms with Crippen LogP contribution < -0.4 is 11.1 Å². The quantitative estimate of drug-likeness (QED) is 0.0931. The fourth-order valence-electron chi connectivity index (χ4n) is 5.34. The van der Waals surface area contributed by atoms with Crippen LogP contribution >= 0.6 is 46.8 Å². The molecule has 3 aromatic carbocycles. The summed E-state index contributed by atoms with van der Waals surface area (Å²) in [5, 5.41) is 7.19. The van der Waals surface area contributed by atoms with E-state index in [1.54, 1.807) is 4.90 Å². The number of hydrogen-bond acceptors (Lipinski definition) is 13. The SMILES string of the molecule is CO/N=C(\C(=O)NC1C(=O)N2C(C(=S)OC(c3ccccc3)c3ccccc3)=C(c3nc4ccccc4s3)CS[C@H]12)c1nsc(N)n1. The molecule has 0 spiro atoms. The van der Waals surface area contributed by atoms with E-state index in [4.69, 9.17) is 32.5 Å². The lowest BCUT2D eigenvalue weighted by Gasteiger charge is -2.50. The van der Waals surface area contributed by atoms with Gasteiger partial charge in [-0.2, -0.15) is 9.36 Å². The first-order valence-electron chi connectivity index (χ1n) is 14.3. The first kappa shape index (κ1) is 30.9. The summed E-state index contributed by atoms with van der Waals surface area (Å²) in [4.78, 5) is 42.7. The van der Waals surface area contributed by atoms with Crippen LogP contribution in [0.15, 0.2) is 95.8 Å². The van der Waals surface area contributed by atoms with Gasteiger partial charge in [0.15, 0.2) is 5.13 Å². The number of β-lactam (4-membered cyclic amide) rings is 1. The van der Waals surface area contributed by atoms with Crippen molar-refractivity contribution in [2.45, 2.75) is 17.5 Å². The van der Waals surface area contributed by atoms with E-state index < -0.39 is 23.4 Å². The number of ether oxygens (including phenoxy) is 1. The van der Waals surface area contributed by atoms with Crippen LogP contribution in [0.5, 0.6) is 0 Å². The van der Waals surface area contributed by atoms with Crippen molar-refractivity contribution < 1.29 is 19.2 Å². The van der Waals surface area contributed by atoms with E-state index in [9.17, 15) is 9.59 Å². The molecule has 2 aliphatic rings. The van der Waals surface area contributed by atoms with Gasteiger partial charge in [0.25, 0.3) is 11.8 Å². The number of benzene rings is 3. The van der Waals surface area contributed by atoms with Crippen molar-refractivity contribution in [3.05, 3.63) is 113 Å². The second-order valence-corrected chi connectivity index (χ2v) is 13.7. The van der Waals surface area contributed by atoms with E-state index in [0.717, 1.165) is 43.5 Å². The molecule has 4 heterocycles. The number of thioether (sulfide) groups is 1. The second-order valence-electron chi connectivity index (χ2n) is 10.4. The third-order valence-electron chi connectivity index (χ3n) is 7.48. The maximum absolute atomic E-state index is 14.0. The molecule has 0 saturated carbocycles. The van der Waals surface area contributed by atoms with Crippen molar-refractivity contribution in [1.82, 2.24) is 24.6 Å². The van der Waals surface area contributed by atoms with Gasteiger partial charge in [0.2, 0.25) is 16.6 Å². The van der Waals surface area contributed by atoms with Crippen LogP contribution in [0.4, 0.5) is 5.13 Å². The van der Waals surface area contributed by atoms with Crippen LogP contribution in [0.2, 0.25) is 0 Å². The molecule has 7 rings (SSSR count). The van der Waals surface area contributed by atoms with E-state index in [1.165, 1.54) is 30.2 Å². The second kappa shape index (κ2) is 13.2. The number of fused-ring (bicyclic) bond motifs is 2. The van der Waals surface area contributed by atoms with Crippen LogP contribution in [0.1, 0.15) is 28.1 Å². The Morgan fingerprint density at radius 1 is 1.04 bits per heavy atom. The van der Waals surface area contributed by atoms with Crippen LogP contribution in [0, 0.1) is 0 Å². The van der Waals surface area contributed by atoms with Gasteiger partial charge in [0.05, 0.1) is 10.2 Å². The maximum atomic E-state index is 14.0. The number of thiazole rings is 1. The number of thiocarbonyl (C=S) groups is 1. The number of hydrogen-bond donors (Lipinski definition) is 2. The molecule has 47 heavy (non-hydrogen) atoms. The lowest BCUT2D eigenvalue weighted by atomic mass is 10.0. The van der Waals surface area contributed by atoms with Crippen molar-refractivity contribution in [2.24, 2.45) is 5.16 Å². The largest absolute Gasteiger partial charge is 0.469 e. The number of anilines is 1. The Morgan fingerprint density at radius 3 is 2.36 bits per heavy atom. The molecule has 0 aliphatic carbocycles. The summed E-state index contributed by atoms with van der Waals surface area (Å²) in [5.41, 5.74) is 9.46. The Kier molecular flexibility index (Phi) is 8.68. The number of amides is 2. The highest BCUT2D eigenvalue weighted by molar-refractivity contribution is 8.00. The van der Waals surface area contributed by atoms with Crippen LogP contribution in [-0.4, -0.2) is 66.1 Å². The normalized spacial score (nSPS) is 17.8. The third kappa shape index (κ3) is 5.98. The van der Waals surface area contributed by atoms with Crippen molar-refractivity contribution in [3.8, 4) is 0 Å². The monoisotopic (exact) mass is 699 g/mol. The highest BCUT2D eigenvalue weighted by Gasteiger charge is 2.54. The summed E-state index contributed by atoms with van der Waals surface area (Å²) >= 11 is 9.99.